The number of aryl methyl sites for hydroxylation is 1. The van der Waals surface area contributed by atoms with Crippen LogP contribution in [0.5, 0.6) is 0 Å². The van der Waals surface area contributed by atoms with E-state index in [4.69, 9.17) is 4.74 Å². The van der Waals surface area contributed by atoms with Crippen molar-refractivity contribution in [3.8, 4) is 0 Å². The number of pyridine rings is 1. The highest BCUT2D eigenvalue weighted by atomic mass is 79.9. The van der Waals surface area contributed by atoms with Gasteiger partial charge in [-0.15, -0.1) is 0 Å². The van der Waals surface area contributed by atoms with Gasteiger partial charge in [-0.25, -0.2) is 4.79 Å². The monoisotopic (exact) mass is 429 g/mol. The van der Waals surface area contributed by atoms with Crippen LogP contribution < -0.4 is 5.32 Å². The molecule has 0 aliphatic carbocycles. The van der Waals surface area contributed by atoms with Gasteiger partial charge < -0.3 is 10.1 Å². The Balaban J connectivity index is 2.20. The summed E-state index contributed by atoms with van der Waals surface area (Å²) >= 11 is 3.43. The molecule has 3 rings (SSSR count). The lowest BCUT2D eigenvalue weighted by Crippen LogP contribution is -2.09. The topological polar surface area (TPSA) is 94.4 Å². The van der Waals surface area contributed by atoms with Gasteiger partial charge in [-0.3, -0.25) is 15.1 Å². The average molecular weight is 430 g/mol. The van der Waals surface area contributed by atoms with Gasteiger partial charge in [0, 0.05) is 33.9 Å². The molecule has 3 aromatic rings. The Hall–Kier alpha value is -3.00. The average Bonchev–Trinajstić information content (AvgIpc) is 2.63. The van der Waals surface area contributed by atoms with Crippen LogP contribution in [0.3, 0.4) is 0 Å². The second-order valence-corrected chi connectivity index (χ2v) is 6.73. The number of benzene rings is 2. The van der Waals surface area contributed by atoms with Crippen molar-refractivity contribution in [3.05, 3.63) is 68.3 Å². The molecular formula is C19H16BrN3O4. The maximum Gasteiger partial charge on any atom is 0.341 e. The fourth-order valence-electron chi connectivity index (χ4n) is 2.66. The van der Waals surface area contributed by atoms with Crippen LogP contribution in [0.25, 0.3) is 10.9 Å². The molecule has 0 radical (unpaired) electrons. The summed E-state index contributed by atoms with van der Waals surface area (Å²) in [5.74, 6) is -0.516. The third-order valence-corrected chi connectivity index (χ3v) is 4.51. The number of nitrogens with one attached hydrogen (secondary N) is 1. The van der Waals surface area contributed by atoms with Crippen LogP contribution in [0, 0.1) is 17.0 Å². The maximum absolute atomic E-state index is 12.4. The molecule has 7 nitrogen and oxygen atoms in total. The number of anilines is 2. The van der Waals surface area contributed by atoms with Gasteiger partial charge in [0.05, 0.1) is 22.7 Å². The number of hydrogen-bond acceptors (Lipinski definition) is 6. The summed E-state index contributed by atoms with van der Waals surface area (Å²) in [5.41, 5.74) is 2.71. The smallest absolute Gasteiger partial charge is 0.341 e. The number of nitro groups is 1. The number of aromatic nitrogens is 1. The van der Waals surface area contributed by atoms with Crippen molar-refractivity contribution in [1.82, 2.24) is 4.98 Å². The SMILES string of the molecule is CCOC(=O)c1cnc2ccc(Br)cc2c1Nc1cc([N+](=O)[O-])ccc1C. The quantitative estimate of drug-likeness (QED) is 0.343. The van der Waals surface area contributed by atoms with Gasteiger partial charge in [0.25, 0.3) is 5.69 Å². The summed E-state index contributed by atoms with van der Waals surface area (Å²) in [5, 5.41) is 15.0. The minimum atomic E-state index is -0.516. The van der Waals surface area contributed by atoms with E-state index in [2.05, 4.69) is 26.2 Å². The number of esters is 1. The van der Waals surface area contributed by atoms with E-state index < -0.39 is 10.9 Å². The Morgan fingerprint density at radius 2 is 2.07 bits per heavy atom. The summed E-state index contributed by atoms with van der Waals surface area (Å²) in [6.07, 6.45) is 1.45. The summed E-state index contributed by atoms with van der Waals surface area (Å²) in [6.45, 7) is 3.78. The fourth-order valence-corrected chi connectivity index (χ4v) is 3.02. The van der Waals surface area contributed by atoms with Crippen molar-refractivity contribution in [2.45, 2.75) is 13.8 Å². The zero-order chi connectivity index (χ0) is 19.6. The van der Waals surface area contributed by atoms with Crippen LogP contribution in [0.15, 0.2) is 47.1 Å². The lowest BCUT2D eigenvalue weighted by atomic mass is 10.1. The van der Waals surface area contributed by atoms with Crippen LogP contribution >= 0.6 is 15.9 Å². The van der Waals surface area contributed by atoms with E-state index in [-0.39, 0.29) is 17.9 Å². The fraction of sp³-hybridized carbons (Fsp3) is 0.158. The first-order chi connectivity index (χ1) is 12.9. The predicted octanol–water partition coefficient (Wildman–Crippen LogP) is 5.13. The zero-order valence-electron chi connectivity index (χ0n) is 14.7. The number of nitro benzene ring substituents is 1. The molecule has 2 aromatic carbocycles. The van der Waals surface area contributed by atoms with Crippen molar-refractivity contribution in [2.24, 2.45) is 0 Å². The lowest BCUT2D eigenvalue weighted by Gasteiger charge is -2.15. The molecule has 0 fully saturated rings. The highest BCUT2D eigenvalue weighted by Crippen LogP contribution is 2.33. The van der Waals surface area contributed by atoms with Crippen molar-refractivity contribution < 1.29 is 14.5 Å². The summed E-state index contributed by atoms with van der Waals surface area (Å²) in [7, 11) is 0. The number of carbonyl (C=O) groups excluding carboxylic acids is 1. The standard InChI is InChI=1S/C19H16BrN3O4/c1-3-27-19(24)15-10-21-16-7-5-12(20)8-14(16)18(15)22-17-9-13(23(25)26)6-4-11(17)2/h4-10H,3H2,1-2H3,(H,21,22). The molecule has 1 N–H and O–H groups in total. The Morgan fingerprint density at radius 1 is 1.30 bits per heavy atom. The van der Waals surface area contributed by atoms with E-state index in [1.165, 1.54) is 18.3 Å². The largest absolute Gasteiger partial charge is 0.462 e. The first-order valence-electron chi connectivity index (χ1n) is 8.18. The first kappa shape index (κ1) is 18.8. The zero-order valence-corrected chi connectivity index (χ0v) is 16.2. The van der Waals surface area contributed by atoms with E-state index in [0.717, 1.165) is 10.0 Å². The molecule has 0 aliphatic heterocycles. The highest BCUT2D eigenvalue weighted by Gasteiger charge is 2.19. The van der Waals surface area contributed by atoms with Crippen molar-refractivity contribution >= 4 is 49.9 Å². The van der Waals surface area contributed by atoms with Gasteiger partial charge in [-0.2, -0.15) is 0 Å². The van der Waals surface area contributed by atoms with Crippen molar-refractivity contribution in [3.63, 3.8) is 0 Å². The van der Waals surface area contributed by atoms with Crippen LogP contribution in [0.2, 0.25) is 0 Å². The van der Waals surface area contributed by atoms with Crippen molar-refractivity contribution in [1.29, 1.82) is 0 Å². The molecule has 0 unspecified atom stereocenters. The number of non-ortho nitro benzene ring substituents is 1. The predicted molar refractivity (Wildman–Crippen MR) is 107 cm³/mol. The van der Waals surface area contributed by atoms with Gasteiger partial charge in [-0.1, -0.05) is 22.0 Å². The van der Waals surface area contributed by atoms with Gasteiger partial charge >= 0.3 is 5.97 Å². The second kappa shape index (κ2) is 7.71. The Kier molecular flexibility index (Phi) is 5.36. The molecule has 0 amide bonds. The van der Waals surface area contributed by atoms with E-state index >= 15 is 0 Å². The van der Waals surface area contributed by atoms with Gasteiger partial charge in [-0.05, 0) is 37.6 Å². The van der Waals surface area contributed by atoms with E-state index in [9.17, 15) is 14.9 Å². The highest BCUT2D eigenvalue weighted by molar-refractivity contribution is 9.10. The minimum absolute atomic E-state index is 0.0414. The molecule has 0 aliphatic rings. The summed E-state index contributed by atoms with van der Waals surface area (Å²) in [6, 6.07) is 10.0. The molecule has 1 aromatic heterocycles. The van der Waals surface area contributed by atoms with Gasteiger partial charge in [0.1, 0.15) is 5.56 Å². The van der Waals surface area contributed by atoms with Crippen LogP contribution in [0.4, 0.5) is 17.1 Å². The molecule has 0 spiro atoms. The molecule has 0 bridgehead atoms. The third-order valence-electron chi connectivity index (χ3n) is 4.02. The Labute approximate surface area is 163 Å². The van der Waals surface area contributed by atoms with Gasteiger partial charge in [0.15, 0.2) is 0 Å². The molecule has 0 atom stereocenters. The summed E-state index contributed by atoms with van der Waals surface area (Å²) in [4.78, 5) is 27.4. The number of halogens is 1. The van der Waals surface area contributed by atoms with Crippen molar-refractivity contribution in [2.75, 3.05) is 11.9 Å². The van der Waals surface area contributed by atoms with Gasteiger partial charge in [0.2, 0.25) is 0 Å². The van der Waals surface area contributed by atoms with Crippen LogP contribution in [-0.4, -0.2) is 22.5 Å². The molecular weight excluding hydrogens is 414 g/mol. The number of carbonyl (C=O) groups is 1. The molecule has 0 saturated heterocycles. The second-order valence-electron chi connectivity index (χ2n) is 5.81. The van der Waals surface area contributed by atoms with E-state index in [1.807, 2.05) is 25.1 Å². The number of hydrogen-bond donors (Lipinski definition) is 1. The van der Waals surface area contributed by atoms with Crippen LogP contribution in [0.1, 0.15) is 22.8 Å². The summed E-state index contributed by atoms with van der Waals surface area (Å²) < 4.78 is 5.96. The van der Waals surface area contributed by atoms with Crippen LogP contribution in [-0.2, 0) is 4.74 Å². The number of ether oxygens (including phenoxy) is 1. The van der Waals surface area contributed by atoms with E-state index in [0.29, 0.717) is 22.3 Å². The molecule has 8 heteroatoms. The molecule has 1 heterocycles. The first-order valence-corrected chi connectivity index (χ1v) is 8.97. The molecule has 27 heavy (non-hydrogen) atoms. The Bertz CT molecular complexity index is 1050. The normalized spacial score (nSPS) is 10.6. The number of nitrogens with zero attached hydrogens (tertiary/aromatic N) is 2. The number of rotatable bonds is 5. The number of fused-ring (bicyclic) bond motifs is 1. The minimum Gasteiger partial charge on any atom is -0.462 e. The molecule has 138 valence electrons. The lowest BCUT2D eigenvalue weighted by molar-refractivity contribution is -0.384. The Morgan fingerprint density at radius 3 is 2.78 bits per heavy atom. The third kappa shape index (κ3) is 3.90. The molecule has 0 saturated carbocycles. The van der Waals surface area contributed by atoms with E-state index in [1.54, 1.807) is 13.0 Å². The maximum atomic E-state index is 12.4.